The Labute approximate surface area is 104 Å². The molecule has 0 spiro atoms. The predicted octanol–water partition coefficient (Wildman–Crippen LogP) is 3.17. The second-order valence-corrected chi connectivity index (χ2v) is 4.68. The minimum absolute atomic E-state index is 0.565. The summed E-state index contributed by atoms with van der Waals surface area (Å²) in [5.74, 6) is -0.783. The quantitative estimate of drug-likeness (QED) is 0.836. The summed E-state index contributed by atoms with van der Waals surface area (Å²) in [4.78, 5) is 11.4. The van der Waals surface area contributed by atoms with Gasteiger partial charge in [-0.05, 0) is 46.5 Å². The first-order valence-corrected chi connectivity index (χ1v) is 6.06. The molecule has 0 heterocycles. The van der Waals surface area contributed by atoms with E-state index in [-0.39, 0.29) is 0 Å². The Hall–Kier alpha value is -1.03. The van der Waals surface area contributed by atoms with Gasteiger partial charge in [-0.2, -0.15) is 0 Å². The molecule has 0 aliphatic rings. The van der Waals surface area contributed by atoms with Crippen molar-refractivity contribution in [1.82, 2.24) is 0 Å². The van der Waals surface area contributed by atoms with Gasteiger partial charge in [-0.25, -0.2) is 0 Å². The van der Waals surface area contributed by atoms with E-state index in [0.717, 1.165) is 10.0 Å². The van der Waals surface area contributed by atoms with Gasteiger partial charge in [0.2, 0.25) is 0 Å². The molecule has 0 fully saturated rings. The van der Waals surface area contributed by atoms with Crippen molar-refractivity contribution in [2.75, 3.05) is 5.73 Å². The van der Waals surface area contributed by atoms with Gasteiger partial charge in [0.05, 0.1) is 5.41 Å². The number of nitrogens with two attached hydrogens (primary N) is 1. The molecule has 0 radical (unpaired) electrons. The summed E-state index contributed by atoms with van der Waals surface area (Å²) in [7, 11) is 0. The van der Waals surface area contributed by atoms with E-state index in [1.807, 2.05) is 13.8 Å². The highest BCUT2D eigenvalue weighted by atomic mass is 79.9. The second kappa shape index (κ2) is 4.87. The van der Waals surface area contributed by atoms with Crippen LogP contribution >= 0.6 is 15.9 Å². The van der Waals surface area contributed by atoms with Crippen molar-refractivity contribution in [3.63, 3.8) is 0 Å². The Morgan fingerprint density at radius 2 is 2.00 bits per heavy atom. The van der Waals surface area contributed by atoms with Crippen LogP contribution in [-0.2, 0) is 10.2 Å². The van der Waals surface area contributed by atoms with Crippen LogP contribution in [-0.4, -0.2) is 11.1 Å². The third-order valence-electron chi connectivity index (χ3n) is 3.17. The minimum atomic E-state index is -0.809. The van der Waals surface area contributed by atoms with Gasteiger partial charge in [0.1, 0.15) is 0 Å². The average molecular weight is 286 g/mol. The molecule has 1 aromatic rings. The summed E-state index contributed by atoms with van der Waals surface area (Å²) >= 11 is 3.33. The lowest BCUT2D eigenvalue weighted by atomic mass is 9.76. The molecule has 0 atom stereocenters. The molecule has 16 heavy (non-hydrogen) atoms. The molecule has 0 amide bonds. The Bertz CT molecular complexity index is 400. The number of nitrogen functional groups attached to an aromatic ring is 1. The van der Waals surface area contributed by atoms with Crippen molar-refractivity contribution in [1.29, 1.82) is 0 Å². The highest BCUT2D eigenvalue weighted by Crippen LogP contribution is 2.35. The van der Waals surface area contributed by atoms with Crippen LogP contribution in [0, 0.1) is 0 Å². The van der Waals surface area contributed by atoms with Gasteiger partial charge < -0.3 is 10.8 Å². The molecule has 1 rings (SSSR count). The number of benzene rings is 1. The second-order valence-electron chi connectivity index (χ2n) is 3.83. The smallest absolute Gasteiger partial charge is 0.314 e. The van der Waals surface area contributed by atoms with Crippen LogP contribution in [0.15, 0.2) is 22.7 Å². The minimum Gasteiger partial charge on any atom is -0.481 e. The lowest BCUT2D eigenvalue weighted by Gasteiger charge is -2.27. The molecule has 1 aromatic carbocycles. The normalized spacial score (nSPS) is 11.4. The third kappa shape index (κ3) is 2.07. The van der Waals surface area contributed by atoms with E-state index in [4.69, 9.17) is 5.73 Å². The lowest BCUT2D eigenvalue weighted by molar-refractivity contribution is -0.144. The molecular formula is C12H16BrNO2. The van der Waals surface area contributed by atoms with Crippen LogP contribution in [0.3, 0.4) is 0 Å². The fourth-order valence-corrected chi connectivity index (χ4v) is 2.29. The molecule has 3 N–H and O–H groups in total. The summed E-state index contributed by atoms with van der Waals surface area (Å²) in [6.07, 6.45) is 1.13. The molecule has 0 saturated heterocycles. The van der Waals surface area contributed by atoms with E-state index in [0.29, 0.717) is 18.5 Å². The third-order valence-corrected chi connectivity index (χ3v) is 3.86. The Morgan fingerprint density at radius 1 is 1.44 bits per heavy atom. The van der Waals surface area contributed by atoms with Crippen molar-refractivity contribution in [2.45, 2.75) is 32.1 Å². The standard InChI is InChI=1S/C12H16BrNO2/c1-3-12(4-2,11(15)16)8-5-6-10(14)9(13)7-8/h5-7H,3-4,14H2,1-2H3,(H,15,16). The van der Waals surface area contributed by atoms with Gasteiger partial charge in [0.15, 0.2) is 0 Å². The molecule has 0 bridgehead atoms. The zero-order chi connectivity index (χ0) is 12.3. The first-order chi connectivity index (χ1) is 7.47. The lowest BCUT2D eigenvalue weighted by Crippen LogP contribution is -2.34. The predicted molar refractivity (Wildman–Crippen MR) is 68.5 cm³/mol. The van der Waals surface area contributed by atoms with Crippen molar-refractivity contribution < 1.29 is 9.90 Å². The molecule has 0 aliphatic heterocycles. The van der Waals surface area contributed by atoms with E-state index in [1.165, 1.54) is 0 Å². The van der Waals surface area contributed by atoms with Gasteiger partial charge in [-0.15, -0.1) is 0 Å². The number of carboxylic acid groups (broad SMARTS) is 1. The highest BCUT2D eigenvalue weighted by Gasteiger charge is 2.36. The molecular weight excluding hydrogens is 270 g/mol. The summed E-state index contributed by atoms with van der Waals surface area (Å²) in [6.45, 7) is 3.78. The molecule has 4 heteroatoms. The summed E-state index contributed by atoms with van der Waals surface area (Å²) < 4.78 is 0.748. The number of carboxylic acids is 1. The first kappa shape index (κ1) is 13.0. The Morgan fingerprint density at radius 3 is 2.38 bits per heavy atom. The van der Waals surface area contributed by atoms with Crippen LogP contribution in [0.5, 0.6) is 0 Å². The number of rotatable bonds is 4. The van der Waals surface area contributed by atoms with E-state index in [9.17, 15) is 9.90 Å². The molecule has 3 nitrogen and oxygen atoms in total. The van der Waals surface area contributed by atoms with Crippen LogP contribution in [0.4, 0.5) is 5.69 Å². The van der Waals surface area contributed by atoms with Crippen LogP contribution in [0.25, 0.3) is 0 Å². The van der Waals surface area contributed by atoms with Crippen molar-refractivity contribution in [3.05, 3.63) is 28.2 Å². The van der Waals surface area contributed by atoms with E-state index < -0.39 is 11.4 Å². The first-order valence-electron chi connectivity index (χ1n) is 5.26. The number of aliphatic carboxylic acids is 1. The SMILES string of the molecule is CCC(CC)(C(=O)O)c1ccc(N)c(Br)c1. The molecule has 0 saturated carbocycles. The number of carbonyl (C=O) groups is 1. The maximum Gasteiger partial charge on any atom is 0.314 e. The summed E-state index contributed by atoms with van der Waals surface area (Å²) in [6, 6.07) is 5.33. The fraction of sp³-hybridized carbons (Fsp3) is 0.417. The molecule has 0 unspecified atom stereocenters. The summed E-state index contributed by atoms with van der Waals surface area (Å²) in [5, 5.41) is 9.39. The fourth-order valence-electron chi connectivity index (χ4n) is 1.91. The number of halogens is 1. The van der Waals surface area contributed by atoms with Gasteiger partial charge in [-0.1, -0.05) is 19.9 Å². The van der Waals surface area contributed by atoms with E-state index in [1.54, 1.807) is 18.2 Å². The average Bonchev–Trinajstić information content (AvgIpc) is 2.25. The van der Waals surface area contributed by atoms with Crippen LogP contribution in [0.2, 0.25) is 0 Å². The zero-order valence-corrected chi connectivity index (χ0v) is 11.0. The van der Waals surface area contributed by atoms with Gasteiger partial charge in [0.25, 0.3) is 0 Å². The maximum atomic E-state index is 11.4. The highest BCUT2D eigenvalue weighted by molar-refractivity contribution is 9.10. The number of hydrogen-bond donors (Lipinski definition) is 2. The number of anilines is 1. The van der Waals surface area contributed by atoms with Gasteiger partial charge in [0, 0.05) is 10.2 Å². The van der Waals surface area contributed by atoms with Gasteiger partial charge in [-0.3, -0.25) is 4.79 Å². The molecule has 0 aliphatic carbocycles. The zero-order valence-electron chi connectivity index (χ0n) is 9.46. The maximum absolute atomic E-state index is 11.4. The van der Waals surface area contributed by atoms with E-state index in [2.05, 4.69) is 15.9 Å². The van der Waals surface area contributed by atoms with Gasteiger partial charge >= 0.3 is 5.97 Å². The Balaban J connectivity index is 3.31. The van der Waals surface area contributed by atoms with E-state index >= 15 is 0 Å². The largest absolute Gasteiger partial charge is 0.481 e. The molecule has 0 aromatic heterocycles. The topological polar surface area (TPSA) is 63.3 Å². The van der Waals surface area contributed by atoms with Crippen molar-refractivity contribution in [2.24, 2.45) is 0 Å². The van der Waals surface area contributed by atoms with Crippen LogP contribution < -0.4 is 5.73 Å². The summed E-state index contributed by atoms with van der Waals surface area (Å²) in [5.41, 5.74) is 6.31. The molecule has 88 valence electrons. The van der Waals surface area contributed by atoms with Crippen molar-refractivity contribution in [3.8, 4) is 0 Å². The Kier molecular flexibility index (Phi) is 3.97. The van der Waals surface area contributed by atoms with Crippen molar-refractivity contribution >= 4 is 27.6 Å². The monoisotopic (exact) mass is 285 g/mol. The number of hydrogen-bond acceptors (Lipinski definition) is 2. The van der Waals surface area contributed by atoms with Crippen LogP contribution in [0.1, 0.15) is 32.3 Å².